The van der Waals surface area contributed by atoms with Crippen molar-refractivity contribution in [2.45, 2.75) is 6.54 Å². The summed E-state index contributed by atoms with van der Waals surface area (Å²) >= 11 is 0. The van der Waals surface area contributed by atoms with Crippen molar-refractivity contribution >= 4 is 17.8 Å². The average molecular weight is 409 g/mol. The SMILES string of the molecule is O=C(NCCn1nc(-c2ccco2)ccc1=O)c1coc(NC(=O)c2ccco2)n1. The summed E-state index contributed by atoms with van der Waals surface area (Å²) in [5.41, 5.74) is 0.151. The fraction of sp³-hybridized carbons (Fsp3) is 0.105. The highest BCUT2D eigenvalue weighted by molar-refractivity contribution is 6.01. The molecule has 4 aromatic rings. The largest absolute Gasteiger partial charge is 0.463 e. The van der Waals surface area contributed by atoms with E-state index < -0.39 is 11.8 Å². The Morgan fingerprint density at radius 2 is 1.83 bits per heavy atom. The second kappa shape index (κ2) is 8.31. The molecule has 0 aliphatic heterocycles. The zero-order valence-corrected chi connectivity index (χ0v) is 15.4. The highest BCUT2D eigenvalue weighted by Gasteiger charge is 2.16. The monoisotopic (exact) mass is 409 g/mol. The minimum absolute atomic E-state index is 0.0330. The van der Waals surface area contributed by atoms with Gasteiger partial charge in [-0.1, -0.05) is 0 Å². The highest BCUT2D eigenvalue weighted by atomic mass is 16.4. The normalized spacial score (nSPS) is 10.7. The molecule has 30 heavy (non-hydrogen) atoms. The number of anilines is 1. The van der Waals surface area contributed by atoms with Crippen LogP contribution in [0.2, 0.25) is 0 Å². The maximum atomic E-state index is 12.2. The van der Waals surface area contributed by atoms with E-state index in [-0.39, 0.29) is 36.1 Å². The summed E-state index contributed by atoms with van der Waals surface area (Å²) in [4.78, 5) is 40.0. The fourth-order valence-electron chi connectivity index (χ4n) is 2.53. The van der Waals surface area contributed by atoms with Crippen LogP contribution in [-0.2, 0) is 6.54 Å². The third-order valence-electron chi connectivity index (χ3n) is 3.95. The first-order valence-electron chi connectivity index (χ1n) is 8.81. The van der Waals surface area contributed by atoms with Gasteiger partial charge in [0.25, 0.3) is 17.4 Å². The van der Waals surface area contributed by atoms with E-state index in [0.717, 1.165) is 6.26 Å². The van der Waals surface area contributed by atoms with E-state index >= 15 is 0 Å². The minimum Gasteiger partial charge on any atom is -0.463 e. The summed E-state index contributed by atoms with van der Waals surface area (Å²) in [5.74, 6) is -0.489. The van der Waals surface area contributed by atoms with Crippen LogP contribution in [0.4, 0.5) is 6.01 Å². The Hall–Kier alpha value is -4.41. The van der Waals surface area contributed by atoms with E-state index in [0.29, 0.717) is 11.5 Å². The van der Waals surface area contributed by atoms with Gasteiger partial charge in [-0.25, -0.2) is 4.68 Å². The van der Waals surface area contributed by atoms with Crippen molar-refractivity contribution in [2.75, 3.05) is 11.9 Å². The summed E-state index contributed by atoms with van der Waals surface area (Å²) in [6.07, 6.45) is 3.97. The maximum absolute atomic E-state index is 12.2. The average Bonchev–Trinajstić information content (AvgIpc) is 3.51. The van der Waals surface area contributed by atoms with Gasteiger partial charge in [-0.15, -0.1) is 0 Å². The number of carbonyl (C=O) groups excluding carboxylic acids is 2. The summed E-state index contributed by atoms with van der Waals surface area (Å²) in [6, 6.07) is 9.27. The lowest BCUT2D eigenvalue weighted by Gasteiger charge is -2.06. The van der Waals surface area contributed by atoms with Crippen LogP contribution in [0, 0.1) is 0 Å². The fourth-order valence-corrected chi connectivity index (χ4v) is 2.53. The molecule has 11 heteroatoms. The van der Waals surface area contributed by atoms with Crippen molar-refractivity contribution in [2.24, 2.45) is 0 Å². The summed E-state index contributed by atoms with van der Waals surface area (Å²) < 4.78 is 16.5. The first-order chi connectivity index (χ1) is 14.6. The van der Waals surface area contributed by atoms with Gasteiger partial charge in [-0.3, -0.25) is 19.7 Å². The molecule has 4 heterocycles. The predicted molar refractivity (Wildman–Crippen MR) is 102 cm³/mol. The van der Waals surface area contributed by atoms with Gasteiger partial charge in [0.2, 0.25) is 0 Å². The number of furan rings is 2. The molecule has 2 amide bonds. The number of oxazole rings is 1. The molecule has 0 aliphatic rings. The van der Waals surface area contributed by atoms with Crippen LogP contribution < -0.4 is 16.2 Å². The predicted octanol–water partition coefficient (Wildman–Crippen LogP) is 1.77. The smallest absolute Gasteiger partial charge is 0.302 e. The van der Waals surface area contributed by atoms with Gasteiger partial charge in [0.15, 0.2) is 17.2 Å². The first kappa shape index (κ1) is 18.9. The van der Waals surface area contributed by atoms with Gasteiger partial charge in [-0.05, 0) is 30.3 Å². The Kier molecular flexibility index (Phi) is 5.24. The molecule has 0 atom stereocenters. The van der Waals surface area contributed by atoms with Crippen molar-refractivity contribution in [3.05, 3.63) is 77.0 Å². The van der Waals surface area contributed by atoms with Crippen LogP contribution in [0.25, 0.3) is 11.5 Å². The number of rotatable bonds is 7. The van der Waals surface area contributed by atoms with Crippen LogP contribution in [-0.4, -0.2) is 33.1 Å². The van der Waals surface area contributed by atoms with E-state index in [1.54, 1.807) is 24.3 Å². The minimum atomic E-state index is -0.560. The molecule has 0 fully saturated rings. The third-order valence-corrected chi connectivity index (χ3v) is 3.95. The zero-order chi connectivity index (χ0) is 20.9. The molecule has 0 unspecified atom stereocenters. The Morgan fingerprint density at radius 3 is 2.60 bits per heavy atom. The van der Waals surface area contributed by atoms with Gasteiger partial charge in [0, 0.05) is 12.6 Å². The number of amides is 2. The Balaban J connectivity index is 1.33. The Bertz CT molecular complexity index is 1210. The van der Waals surface area contributed by atoms with Gasteiger partial charge in [-0.2, -0.15) is 10.1 Å². The quantitative estimate of drug-likeness (QED) is 0.470. The van der Waals surface area contributed by atoms with E-state index in [2.05, 4.69) is 20.7 Å². The van der Waals surface area contributed by atoms with Crippen LogP contribution >= 0.6 is 0 Å². The van der Waals surface area contributed by atoms with Crippen LogP contribution in [0.1, 0.15) is 21.0 Å². The summed E-state index contributed by atoms with van der Waals surface area (Å²) in [7, 11) is 0. The number of nitrogens with one attached hydrogen (secondary N) is 2. The molecule has 0 aromatic carbocycles. The molecule has 0 aliphatic carbocycles. The number of hydrogen-bond acceptors (Lipinski definition) is 8. The van der Waals surface area contributed by atoms with E-state index in [9.17, 15) is 14.4 Å². The van der Waals surface area contributed by atoms with Crippen LogP contribution in [0.5, 0.6) is 0 Å². The van der Waals surface area contributed by atoms with Gasteiger partial charge in [0.1, 0.15) is 12.0 Å². The third kappa shape index (κ3) is 4.19. The second-order valence-corrected chi connectivity index (χ2v) is 5.98. The van der Waals surface area contributed by atoms with Crippen molar-refractivity contribution in [3.63, 3.8) is 0 Å². The lowest BCUT2D eigenvalue weighted by Crippen LogP contribution is -2.32. The number of aromatic nitrogens is 3. The number of carbonyl (C=O) groups is 2. The molecule has 152 valence electrons. The lowest BCUT2D eigenvalue weighted by molar-refractivity contribution is 0.0945. The summed E-state index contributed by atoms with van der Waals surface area (Å²) in [5, 5.41) is 9.20. The first-order valence-corrected chi connectivity index (χ1v) is 8.81. The molecule has 2 N–H and O–H groups in total. The second-order valence-electron chi connectivity index (χ2n) is 5.98. The molecule has 0 spiro atoms. The lowest BCUT2D eigenvalue weighted by atomic mass is 10.3. The zero-order valence-electron chi connectivity index (χ0n) is 15.4. The van der Waals surface area contributed by atoms with E-state index in [1.165, 1.54) is 29.3 Å². The van der Waals surface area contributed by atoms with Crippen molar-refractivity contribution in [3.8, 4) is 11.5 Å². The molecule has 0 bridgehead atoms. The topological polar surface area (TPSA) is 145 Å². The van der Waals surface area contributed by atoms with Crippen molar-refractivity contribution in [1.82, 2.24) is 20.1 Å². The van der Waals surface area contributed by atoms with E-state index in [1.807, 2.05) is 0 Å². The highest BCUT2D eigenvalue weighted by Crippen LogP contribution is 2.15. The van der Waals surface area contributed by atoms with Gasteiger partial charge in [0.05, 0.1) is 19.1 Å². The molecule has 4 aromatic heterocycles. The molecule has 0 radical (unpaired) electrons. The standard InChI is InChI=1S/C19H15N5O6/c25-16-6-5-12(14-3-1-9-28-14)23-24(16)8-7-20-17(26)13-11-30-19(21-13)22-18(27)15-4-2-10-29-15/h1-6,9-11H,7-8H2,(H,20,26)(H,21,22,27). The van der Waals surface area contributed by atoms with Gasteiger partial charge < -0.3 is 18.6 Å². The molecule has 11 nitrogen and oxygen atoms in total. The maximum Gasteiger partial charge on any atom is 0.302 e. The number of nitrogens with zero attached hydrogens (tertiary/aromatic N) is 3. The van der Waals surface area contributed by atoms with Crippen LogP contribution in [0.15, 0.2) is 73.2 Å². The molecule has 0 saturated heterocycles. The van der Waals surface area contributed by atoms with Gasteiger partial charge >= 0.3 is 6.01 Å². The Morgan fingerprint density at radius 1 is 1.00 bits per heavy atom. The molecule has 4 rings (SSSR count). The Labute approximate surface area is 168 Å². The molecule has 0 saturated carbocycles. The molecular weight excluding hydrogens is 394 g/mol. The number of hydrogen-bond donors (Lipinski definition) is 2. The van der Waals surface area contributed by atoms with E-state index in [4.69, 9.17) is 13.3 Å². The molecular formula is C19H15N5O6. The van der Waals surface area contributed by atoms with Crippen molar-refractivity contribution in [1.29, 1.82) is 0 Å². The van der Waals surface area contributed by atoms with Crippen molar-refractivity contribution < 1.29 is 22.8 Å². The summed E-state index contributed by atoms with van der Waals surface area (Å²) in [6.45, 7) is 0.257. The van der Waals surface area contributed by atoms with Crippen LogP contribution in [0.3, 0.4) is 0 Å².